The summed E-state index contributed by atoms with van der Waals surface area (Å²) in [5.74, 6) is 2.20. The summed E-state index contributed by atoms with van der Waals surface area (Å²) >= 11 is 10.0. The number of rotatable bonds is 6. The molecule has 0 radical (unpaired) electrons. The SMILES string of the molecule is COc1ccc(CN2CC(c3cc(Cl)ccc3O)[C@@H](c3ccccc3Br)C2)c(OC)c1. The summed E-state index contributed by atoms with van der Waals surface area (Å²) in [7, 11) is 3.33. The lowest BCUT2D eigenvalue weighted by atomic mass is 9.84. The second-order valence-corrected chi connectivity index (χ2v) is 9.10. The maximum absolute atomic E-state index is 10.6. The second-order valence-electron chi connectivity index (χ2n) is 7.81. The summed E-state index contributed by atoms with van der Waals surface area (Å²) in [4.78, 5) is 2.40. The Hall–Kier alpha value is -2.21. The van der Waals surface area contributed by atoms with Gasteiger partial charge in [-0.05, 0) is 35.9 Å². The maximum atomic E-state index is 10.6. The zero-order valence-corrected chi connectivity index (χ0v) is 19.9. The molecule has 3 aromatic carbocycles. The predicted molar refractivity (Wildman–Crippen MR) is 128 cm³/mol. The van der Waals surface area contributed by atoms with Gasteiger partial charge in [0, 0.05) is 58.2 Å². The average Bonchev–Trinajstić information content (AvgIpc) is 3.19. The minimum Gasteiger partial charge on any atom is -0.508 e. The van der Waals surface area contributed by atoms with Crippen molar-refractivity contribution in [3.05, 3.63) is 86.8 Å². The molecule has 0 saturated carbocycles. The van der Waals surface area contributed by atoms with Gasteiger partial charge >= 0.3 is 0 Å². The molecule has 31 heavy (non-hydrogen) atoms. The summed E-state index contributed by atoms with van der Waals surface area (Å²) in [5, 5.41) is 11.3. The Labute approximate surface area is 196 Å². The minimum atomic E-state index is 0.113. The molecule has 1 aliphatic rings. The van der Waals surface area contributed by atoms with Crippen LogP contribution in [0, 0.1) is 0 Å². The van der Waals surface area contributed by atoms with Gasteiger partial charge in [0.05, 0.1) is 14.2 Å². The molecule has 0 aromatic heterocycles. The molecule has 1 saturated heterocycles. The Kier molecular flexibility index (Phi) is 6.75. The Morgan fingerprint density at radius 1 is 0.968 bits per heavy atom. The van der Waals surface area contributed by atoms with Crippen LogP contribution in [0.15, 0.2) is 65.1 Å². The number of aromatic hydroxyl groups is 1. The van der Waals surface area contributed by atoms with Gasteiger partial charge in [-0.1, -0.05) is 51.8 Å². The van der Waals surface area contributed by atoms with Crippen molar-refractivity contribution in [2.24, 2.45) is 0 Å². The van der Waals surface area contributed by atoms with E-state index in [9.17, 15) is 5.11 Å². The molecule has 3 aromatic rings. The third-order valence-electron chi connectivity index (χ3n) is 5.98. The molecule has 6 heteroatoms. The second kappa shape index (κ2) is 9.51. The zero-order chi connectivity index (χ0) is 22.0. The van der Waals surface area contributed by atoms with Crippen LogP contribution in [0.25, 0.3) is 0 Å². The number of likely N-dealkylation sites (tertiary alicyclic amines) is 1. The molecule has 1 N–H and O–H groups in total. The standard InChI is InChI=1S/C25H25BrClNO3/c1-30-18-9-7-16(25(12-18)31-2)13-28-14-21(19-5-3-4-6-23(19)26)22(15-28)20-11-17(27)8-10-24(20)29/h3-12,21-22,29H,13-15H2,1-2H3/t21-,22?/m1/s1. The summed E-state index contributed by atoms with van der Waals surface area (Å²) in [5.41, 5.74) is 3.22. The van der Waals surface area contributed by atoms with Crippen molar-refractivity contribution < 1.29 is 14.6 Å². The van der Waals surface area contributed by atoms with Crippen LogP contribution in [0.4, 0.5) is 0 Å². The Balaban J connectivity index is 1.68. The van der Waals surface area contributed by atoms with Crippen LogP contribution >= 0.6 is 27.5 Å². The number of nitrogens with zero attached hydrogens (tertiary/aromatic N) is 1. The highest BCUT2D eigenvalue weighted by atomic mass is 79.9. The quantitative estimate of drug-likeness (QED) is 0.435. The van der Waals surface area contributed by atoms with E-state index in [0.29, 0.717) is 5.02 Å². The lowest BCUT2D eigenvalue weighted by Crippen LogP contribution is -2.20. The van der Waals surface area contributed by atoms with Gasteiger partial charge in [-0.2, -0.15) is 0 Å². The Morgan fingerprint density at radius 2 is 1.71 bits per heavy atom. The molecule has 2 atom stereocenters. The lowest BCUT2D eigenvalue weighted by Gasteiger charge is -2.21. The van der Waals surface area contributed by atoms with Gasteiger partial charge in [0.2, 0.25) is 0 Å². The van der Waals surface area contributed by atoms with E-state index in [1.807, 2.05) is 24.3 Å². The fourth-order valence-corrected chi connectivity index (χ4v) is 5.23. The van der Waals surface area contributed by atoms with E-state index in [4.69, 9.17) is 21.1 Å². The Bertz CT molecular complexity index is 1070. The van der Waals surface area contributed by atoms with Crippen LogP contribution in [-0.4, -0.2) is 37.3 Å². The van der Waals surface area contributed by atoms with Gasteiger partial charge in [-0.3, -0.25) is 4.90 Å². The van der Waals surface area contributed by atoms with Gasteiger partial charge in [0.25, 0.3) is 0 Å². The summed E-state index contributed by atoms with van der Waals surface area (Å²) in [6.45, 7) is 2.40. The van der Waals surface area contributed by atoms with Crippen LogP contribution in [0.5, 0.6) is 17.2 Å². The molecule has 0 amide bonds. The number of hydrogen-bond acceptors (Lipinski definition) is 4. The van der Waals surface area contributed by atoms with E-state index in [-0.39, 0.29) is 17.6 Å². The first-order valence-electron chi connectivity index (χ1n) is 10.2. The van der Waals surface area contributed by atoms with Crippen LogP contribution < -0.4 is 9.47 Å². The number of hydrogen-bond donors (Lipinski definition) is 1. The van der Waals surface area contributed by atoms with Crippen LogP contribution in [0.2, 0.25) is 5.02 Å². The highest BCUT2D eigenvalue weighted by molar-refractivity contribution is 9.10. The van der Waals surface area contributed by atoms with Crippen molar-refractivity contribution in [3.8, 4) is 17.2 Å². The number of benzene rings is 3. The van der Waals surface area contributed by atoms with Crippen LogP contribution in [0.1, 0.15) is 28.5 Å². The maximum Gasteiger partial charge on any atom is 0.127 e. The smallest absolute Gasteiger partial charge is 0.127 e. The highest BCUT2D eigenvalue weighted by Crippen LogP contribution is 2.45. The Morgan fingerprint density at radius 3 is 2.42 bits per heavy atom. The van der Waals surface area contributed by atoms with Gasteiger partial charge in [-0.25, -0.2) is 0 Å². The third kappa shape index (κ3) is 4.69. The molecule has 0 spiro atoms. The van der Waals surface area contributed by atoms with Crippen LogP contribution in [0.3, 0.4) is 0 Å². The van der Waals surface area contributed by atoms with Gasteiger partial charge in [0.1, 0.15) is 17.2 Å². The largest absolute Gasteiger partial charge is 0.508 e. The molecule has 1 heterocycles. The number of phenolic OH excluding ortho intramolecular Hbond substituents is 1. The number of methoxy groups -OCH3 is 2. The molecule has 1 fully saturated rings. The van der Waals surface area contributed by atoms with E-state index in [1.54, 1.807) is 26.4 Å². The first-order chi connectivity index (χ1) is 15.0. The topological polar surface area (TPSA) is 41.9 Å². The van der Waals surface area contributed by atoms with E-state index in [2.05, 4.69) is 45.1 Å². The molecule has 1 unspecified atom stereocenters. The van der Waals surface area contributed by atoms with Crippen molar-refractivity contribution in [1.82, 2.24) is 4.90 Å². The monoisotopic (exact) mass is 501 g/mol. The summed E-state index contributed by atoms with van der Waals surface area (Å²) in [6.07, 6.45) is 0. The van der Waals surface area contributed by atoms with E-state index in [1.165, 1.54) is 5.56 Å². The molecular weight excluding hydrogens is 478 g/mol. The molecule has 0 bridgehead atoms. The molecule has 162 valence electrons. The van der Waals surface area contributed by atoms with Crippen LogP contribution in [-0.2, 0) is 6.54 Å². The molecular formula is C25H25BrClNO3. The minimum absolute atomic E-state index is 0.113. The van der Waals surface area contributed by atoms with Gasteiger partial charge < -0.3 is 14.6 Å². The van der Waals surface area contributed by atoms with E-state index in [0.717, 1.165) is 46.7 Å². The van der Waals surface area contributed by atoms with Crippen molar-refractivity contribution >= 4 is 27.5 Å². The van der Waals surface area contributed by atoms with Gasteiger partial charge in [-0.15, -0.1) is 0 Å². The van der Waals surface area contributed by atoms with Crippen molar-refractivity contribution in [1.29, 1.82) is 0 Å². The van der Waals surface area contributed by atoms with Crippen molar-refractivity contribution in [2.45, 2.75) is 18.4 Å². The third-order valence-corrected chi connectivity index (χ3v) is 6.93. The van der Waals surface area contributed by atoms with E-state index < -0.39 is 0 Å². The zero-order valence-electron chi connectivity index (χ0n) is 17.5. The fourth-order valence-electron chi connectivity index (χ4n) is 4.47. The summed E-state index contributed by atoms with van der Waals surface area (Å²) in [6, 6.07) is 19.5. The normalized spacial score (nSPS) is 18.8. The first-order valence-corrected chi connectivity index (χ1v) is 11.3. The number of phenols is 1. The van der Waals surface area contributed by atoms with Gasteiger partial charge in [0.15, 0.2) is 0 Å². The number of ether oxygens (including phenoxy) is 2. The van der Waals surface area contributed by atoms with Crippen molar-refractivity contribution in [2.75, 3.05) is 27.3 Å². The fraction of sp³-hybridized carbons (Fsp3) is 0.280. The average molecular weight is 503 g/mol. The molecule has 0 aliphatic carbocycles. The van der Waals surface area contributed by atoms with Crippen molar-refractivity contribution in [3.63, 3.8) is 0 Å². The molecule has 4 nitrogen and oxygen atoms in total. The predicted octanol–water partition coefficient (Wildman–Crippen LogP) is 6.21. The highest BCUT2D eigenvalue weighted by Gasteiger charge is 2.37. The molecule has 4 rings (SSSR count). The van der Waals surface area contributed by atoms with E-state index >= 15 is 0 Å². The lowest BCUT2D eigenvalue weighted by molar-refractivity contribution is 0.312. The first kappa shape index (κ1) is 22.0. The molecule has 1 aliphatic heterocycles. The number of halogens is 2. The summed E-state index contributed by atoms with van der Waals surface area (Å²) < 4.78 is 12.0.